The number of hydrogen-bond acceptors (Lipinski definition) is 2. The fraction of sp³-hybridized carbons (Fsp3) is 0.231. The molecule has 0 saturated heterocycles. The summed E-state index contributed by atoms with van der Waals surface area (Å²) in [4.78, 5) is 0. The number of nitrogens with two attached hydrogens (primary N) is 1. The number of fused-ring (bicyclic) bond motifs is 1. The van der Waals surface area contributed by atoms with Gasteiger partial charge in [-0.15, -0.1) is 6.58 Å². The summed E-state index contributed by atoms with van der Waals surface area (Å²) in [5.41, 5.74) is 9.62. The van der Waals surface area contributed by atoms with E-state index in [2.05, 4.69) is 34.6 Å². The zero-order chi connectivity index (χ0) is 11.5. The Kier molecular flexibility index (Phi) is 3.46. The van der Waals surface area contributed by atoms with Crippen LogP contribution >= 0.6 is 15.9 Å². The molecule has 0 fully saturated rings. The normalized spacial score (nSPS) is 15.1. The van der Waals surface area contributed by atoms with Gasteiger partial charge in [-0.1, -0.05) is 22.0 Å². The number of halogens is 1. The summed E-state index contributed by atoms with van der Waals surface area (Å²) in [6.07, 6.45) is 6.30. The summed E-state index contributed by atoms with van der Waals surface area (Å²) < 4.78 is 6.38. The molecule has 0 aromatic heterocycles. The van der Waals surface area contributed by atoms with Crippen LogP contribution in [0.15, 0.2) is 35.5 Å². The van der Waals surface area contributed by atoms with E-state index in [1.165, 1.54) is 11.1 Å². The highest BCUT2D eigenvalue weighted by Gasteiger charge is 2.16. The van der Waals surface area contributed by atoms with Gasteiger partial charge >= 0.3 is 0 Å². The molecule has 1 aromatic rings. The van der Waals surface area contributed by atoms with E-state index in [-0.39, 0.29) is 6.04 Å². The van der Waals surface area contributed by atoms with Crippen molar-refractivity contribution in [1.29, 1.82) is 0 Å². The van der Waals surface area contributed by atoms with E-state index in [0.717, 1.165) is 16.5 Å². The van der Waals surface area contributed by atoms with E-state index >= 15 is 0 Å². The summed E-state index contributed by atoms with van der Waals surface area (Å²) in [7, 11) is 0. The van der Waals surface area contributed by atoms with Crippen LogP contribution < -0.4 is 5.73 Å². The van der Waals surface area contributed by atoms with Gasteiger partial charge in [-0.3, -0.25) is 0 Å². The molecule has 2 rings (SSSR count). The highest BCUT2D eigenvalue weighted by Crippen LogP contribution is 2.30. The van der Waals surface area contributed by atoms with Gasteiger partial charge < -0.3 is 10.5 Å². The lowest BCUT2D eigenvalue weighted by atomic mass is 9.94. The van der Waals surface area contributed by atoms with Crippen LogP contribution in [-0.2, 0) is 11.3 Å². The Labute approximate surface area is 104 Å². The second kappa shape index (κ2) is 4.85. The van der Waals surface area contributed by atoms with Gasteiger partial charge in [-0.2, -0.15) is 0 Å². The SMILES string of the molecule is C=CCC(N)c1cc(Br)cc2c1COC=C2. The number of rotatable bonds is 3. The lowest BCUT2D eigenvalue weighted by molar-refractivity contribution is 0.233. The second-order valence-corrected chi connectivity index (χ2v) is 4.72. The fourth-order valence-corrected chi connectivity index (χ4v) is 2.38. The maximum atomic E-state index is 6.13. The minimum atomic E-state index is -0.0150. The molecule has 0 aliphatic carbocycles. The molecule has 1 aliphatic heterocycles. The molecule has 2 N–H and O–H groups in total. The van der Waals surface area contributed by atoms with E-state index in [9.17, 15) is 0 Å². The average molecular weight is 280 g/mol. The van der Waals surface area contributed by atoms with Crippen molar-refractivity contribution in [1.82, 2.24) is 0 Å². The van der Waals surface area contributed by atoms with Crippen LogP contribution in [0, 0.1) is 0 Å². The smallest absolute Gasteiger partial charge is 0.113 e. The molecule has 0 amide bonds. The van der Waals surface area contributed by atoms with E-state index in [4.69, 9.17) is 10.5 Å². The highest BCUT2D eigenvalue weighted by atomic mass is 79.9. The first-order valence-corrected chi connectivity index (χ1v) is 5.98. The van der Waals surface area contributed by atoms with Crippen LogP contribution in [-0.4, -0.2) is 0 Å². The Bertz CT molecular complexity index is 440. The van der Waals surface area contributed by atoms with Crippen molar-refractivity contribution in [2.75, 3.05) is 0 Å². The minimum Gasteiger partial charge on any atom is -0.496 e. The largest absolute Gasteiger partial charge is 0.496 e. The topological polar surface area (TPSA) is 35.2 Å². The summed E-state index contributed by atoms with van der Waals surface area (Å²) in [5, 5.41) is 0. The molecular weight excluding hydrogens is 266 g/mol. The Morgan fingerprint density at radius 2 is 2.38 bits per heavy atom. The quantitative estimate of drug-likeness (QED) is 0.860. The zero-order valence-corrected chi connectivity index (χ0v) is 10.5. The molecule has 1 atom stereocenters. The molecule has 16 heavy (non-hydrogen) atoms. The predicted molar refractivity (Wildman–Crippen MR) is 69.7 cm³/mol. The van der Waals surface area contributed by atoms with Crippen molar-refractivity contribution in [3.63, 3.8) is 0 Å². The van der Waals surface area contributed by atoms with Gasteiger partial charge in [0.2, 0.25) is 0 Å². The number of hydrogen-bond donors (Lipinski definition) is 1. The molecule has 0 bridgehead atoms. The fourth-order valence-electron chi connectivity index (χ4n) is 1.89. The van der Waals surface area contributed by atoms with Crippen molar-refractivity contribution >= 4 is 22.0 Å². The molecule has 1 aromatic carbocycles. The number of ether oxygens (including phenoxy) is 1. The molecule has 1 heterocycles. The molecule has 1 unspecified atom stereocenters. The Hall–Kier alpha value is -1.06. The van der Waals surface area contributed by atoms with Gasteiger partial charge in [-0.25, -0.2) is 0 Å². The molecule has 0 spiro atoms. The Morgan fingerprint density at radius 3 is 3.12 bits per heavy atom. The van der Waals surface area contributed by atoms with E-state index in [1.54, 1.807) is 6.26 Å². The second-order valence-electron chi connectivity index (χ2n) is 3.81. The van der Waals surface area contributed by atoms with Crippen molar-refractivity contribution in [3.8, 4) is 0 Å². The van der Waals surface area contributed by atoms with Crippen molar-refractivity contribution in [2.45, 2.75) is 19.1 Å². The van der Waals surface area contributed by atoms with Crippen LogP contribution in [0.4, 0.5) is 0 Å². The monoisotopic (exact) mass is 279 g/mol. The third-order valence-corrected chi connectivity index (χ3v) is 3.13. The first-order valence-electron chi connectivity index (χ1n) is 5.19. The third kappa shape index (κ3) is 2.20. The maximum Gasteiger partial charge on any atom is 0.113 e. The lowest BCUT2D eigenvalue weighted by Crippen LogP contribution is -2.14. The van der Waals surface area contributed by atoms with Crippen molar-refractivity contribution in [2.24, 2.45) is 5.73 Å². The van der Waals surface area contributed by atoms with Crippen LogP contribution in [0.2, 0.25) is 0 Å². The van der Waals surface area contributed by atoms with Gasteiger partial charge in [-0.05, 0) is 35.8 Å². The standard InChI is InChI=1S/C13H14BrNO/c1-2-3-13(15)11-7-10(14)6-9-4-5-16-8-12(9)11/h2,4-7,13H,1,3,8,15H2. The molecule has 0 saturated carbocycles. The lowest BCUT2D eigenvalue weighted by Gasteiger charge is -2.20. The third-order valence-electron chi connectivity index (χ3n) is 2.68. The van der Waals surface area contributed by atoms with Crippen molar-refractivity contribution < 1.29 is 4.74 Å². The van der Waals surface area contributed by atoms with E-state index in [0.29, 0.717) is 6.61 Å². The summed E-state index contributed by atoms with van der Waals surface area (Å²) in [5.74, 6) is 0. The van der Waals surface area contributed by atoms with Gasteiger partial charge in [0.25, 0.3) is 0 Å². The van der Waals surface area contributed by atoms with Gasteiger partial charge in [0.1, 0.15) is 6.61 Å². The van der Waals surface area contributed by atoms with Crippen LogP contribution in [0.25, 0.3) is 6.08 Å². The molecule has 0 radical (unpaired) electrons. The van der Waals surface area contributed by atoms with Crippen LogP contribution in [0.1, 0.15) is 29.2 Å². The van der Waals surface area contributed by atoms with Gasteiger partial charge in [0.15, 0.2) is 0 Å². The highest BCUT2D eigenvalue weighted by molar-refractivity contribution is 9.10. The van der Waals surface area contributed by atoms with Crippen LogP contribution in [0.3, 0.4) is 0 Å². The molecule has 1 aliphatic rings. The Morgan fingerprint density at radius 1 is 1.56 bits per heavy atom. The molecular formula is C13H14BrNO. The zero-order valence-electron chi connectivity index (χ0n) is 8.95. The minimum absolute atomic E-state index is 0.0150. The maximum absolute atomic E-state index is 6.13. The van der Waals surface area contributed by atoms with Gasteiger partial charge in [0, 0.05) is 16.1 Å². The first kappa shape index (κ1) is 11.4. The molecule has 2 nitrogen and oxygen atoms in total. The Balaban J connectivity index is 2.47. The van der Waals surface area contributed by atoms with E-state index < -0.39 is 0 Å². The molecule has 84 valence electrons. The van der Waals surface area contributed by atoms with Crippen LogP contribution in [0.5, 0.6) is 0 Å². The first-order chi connectivity index (χ1) is 7.72. The van der Waals surface area contributed by atoms with Crippen molar-refractivity contribution in [3.05, 3.63) is 52.2 Å². The summed E-state index contributed by atoms with van der Waals surface area (Å²) >= 11 is 3.50. The molecule has 3 heteroatoms. The predicted octanol–water partition coefficient (Wildman–Crippen LogP) is 3.53. The summed E-state index contributed by atoms with van der Waals surface area (Å²) in [6, 6.07) is 4.13. The summed E-state index contributed by atoms with van der Waals surface area (Å²) in [6.45, 7) is 4.32. The average Bonchev–Trinajstić information content (AvgIpc) is 2.28. The van der Waals surface area contributed by atoms with Gasteiger partial charge in [0.05, 0.1) is 6.26 Å². The number of benzene rings is 1. The van der Waals surface area contributed by atoms with E-state index in [1.807, 2.05) is 12.2 Å².